The van der Waals surface area contributed by atoms with Gasteiger partial charge in [-0.2, -0.15) is 0 Å². The van der Waals surface area contributed by atoms with Gasteiger partial charge in [0, 0.05) is 5.69 Å². The Kier molecular flexibility index (Phi) is 7.44. The minimum absolute atomic E-state index is 0.0115. The maximum Gasteiger partial charge on any atom is 0.338 e. The van der Waals surface area contributed by atoms with Gasteiger partial charge in [0.15, 0.2) is 0 Å². The van der Waals surface area contributed by atoms with Crippen LogP contribution in [0.1, 0.15) is 22.8 Å². The number of anilines is 2. The molecule has 3 aromatic carbocycles. The average Bonchev–Trinajstić information content (AvgIpc) is 2.80. The molecule has 0 atom stereocenters. The molecule has 0 radical (unpaired) electrons. The van der Waals surface area contributed by atoms with Crippen LogP contribution in [0.2, 0.25) is 0 Å². The molecule has 0 aliphatic heterocycles. The van der Waals surface area contributed by atoms with E-state index in [9.17, 15) is 22.4 Å². The fourth-order valence-electron chi connectivity index (χ4n) is 3.16. The zero-order valence-corrected chi connectivity index (χ0v) is 18.9. The second-order valence-electron chi connectivity index (χ2n) is 7.05. The predicted molar refractivity (Wildman–Crippen MR) is 123 cm³/mol. The number of hydrogen-bond acceptors (Lipinski definition) is 5. The molecule has 0 fully saturated rings. The summed E-state index contributed by atoms with van der Waals surface area (Å²) in [6.07, 6.45) is 0. The Morgan fingerprint density at radius 1 is 0.970 bits per heavy atom. The van der Waals surface area contributed by atoms with Gasteiger partial charge in [0.1, 0.15) is 12.4 Å². The Labute approximate surface area is 191 Å². The molecule has 0 saturated heterocycles. The van der Waals surface area contributed by atoms with E-state index in [1.54, 1.807) is 50.2 Å². The molecule has 0 heterocycles. The zero-order valence-electron chi connectivity index (χ0n) is 18.1. The van der Waals surface area contributed by atoms with Gasteiger partial charge in [0.2, 0.25) is 5.91 Å². The van der Waals surface area contributed by atoms with Crippen LogP contribution in [-0.4, -0.2) is 33.4 Å². The third-order valence-electron chi connectivity index (χ3n) is 4.84. The highest BCUT2D eigenvalue weighted by molar-refractivity contribution is 7.92. The number of nitrogens with zero attached hydrogens (tertiary/aromatic N) is 1. The molecule has 1 N–H and O–H groups in total. The molecule has 0 aliphatic rings. The summed E-state index contributed by atoms with van der Waals surface area (Å²) in [5.41, 5.74) is 1.26. The second kappa shape index (κ2) is 10.3. The number of esters is 1. The van der Waals surface area contributed by atoms with Crippen molar-refractivity contribution in [3.05, 3.63) is 89.7 Å². The average molecular weight is 471 g/mol. The molecule has 33 heavy (non-hydrogen) atoms. The van der Waals surface area contributed by atoms with Crippen LogP contribution >= 0.6 is 0 Å². The monoisotopic (exact) mass is 470 g/mol. The molecule has 0 aliphatic carbocycles. The number of rotatable bonds is 8. The summed E-state index contributed by atoms with van der Waals surface area (Å²) in [6, 6.07) is 17.2. The standard InChI is InChI=1S/C24H23FN2O5S/c1-3-32-24(29)21-10-7-11-22(17(21)2)26-23(28)16-27(19-14-12-18(25)13-15-19)33(30,31)20-8-5-4-6-9-20/h4-15H,3,16H2,1-2H3,(H,26,28). The second-order valence-corrected chi connectivity index (χ2v) is 8.91. The van der Waals surface area contributed by atoms with Crippen molar-refractivity contribution in [1.29, 1.82) is 0 Å². The summed E-state index contributed by atoms with van der Waals surface area (Å²) in [5, 5.41) is 2.66. The molecule has 172 valence electrons. The third-order valence-corrected chi connectivity index (χ3v) is 6.62. The van der Waals surface area contributed by atoms with Crippen LogP contribution in [0.5, 0.6) is 0 Å². The number of sulfonamides is 1. The Morgan fingerprint density at radius 3 is 2.27 bits per heavy atom. The minimum Gasteiger partial charge on any atom is -0.462 e. The van der Waals surface area contributed by atoms with Crippen LogP contribution in [0.25, 0.3) is 0 Å². The summed E-state index contributed by atoms with van der Waals surface area (Å²) in [4.78, 5) is 25.0. The lowest BCUT2D eigenvalue weighted by Crippen LogP contribution is -2.38. The van der Waals surface area contributed by atoms with Crippen LogP contribution in [0.3, 0.4) is 0 Å². The first kappa shape index (κ1) is 23.9. The molecule has 0 bridgehead atoms. The van der Waals surface area contributed by atoms with Crippen LogP contribution < -0.4 is 9.62 Å². The van der Waals surface area contributed by atoms with E-state index in [-0.39, 0.29) is 17.2 Å². The van der Waals surface area contributed by atoms with Crippen LogP contribution in [0.15, 0.2) is 77.7 Å². The highest BCUT2D eigenvalue weighted by atomic mass is 32.2. The lowest BCUT2D eigenvalue weighted by atomic mass is 10.1. The molecule has 9 heteroatoms. The van der Waals surface area contributed by atoms with Gasteiger partial charge >= 0.3 is 5.97 Å². The van der Waals surface area contributed by atoms with Crippen LogP contribution in [0, 0.1) is 12.7 Å². The highest BCUT2D eigenvalue weighted by Gasteiger charge is 2.27. The van der Waals surface area contributed by atoms with E-state index in [0.717, 1.165) is 16.4 Å². The lowest BCUT2D eigenvalue weighted by Gasteiger charge is -2.24. The van der Waals surface area contributed by atoms with Gasteiger partial charge in [0.05, 0.1) is 22.8 Å². The fraction of sp³-hybridized carbons (Fsp3) is 0.167. The maximum atomic E-state index is 13.4. The van der Waals surface area contributed by atoms with E-state index in [2.05, 4.69) is 5.32 Å². The van der Waals surface area contributed by atoms with Gasteiger partial charge < -0.3 is 10.1 Å². The van der Waals surface area contributed by atoms with Crippen molar-refractivity contribution >= 4 is 33.3 Å². The molecule has 7 nitrogen and oxygen atoms in total. The van der Waals surface area contributed by atoms with Gasteiger partial charge in [-0.05, 0) is 67.9 Å². The van der Waals surface area contributed by atoms with Crippen LogP contribution in [0.4, 0.5) is 15.8 Å². The maximum absolute atomic E-state index is 13.4. The van der Waals surface area contributed by atoms with Gasteiger partial charge in [0.25, 0.3) is 10.0 Å². The van der Waals surface area contributed by atoms with E-state index in [1.165, 1.54) is 24.3 Å². The van der Waals surface area contributed by atoms with Crippen molar-refractivity contribution in [1.82, 2.24) is 0 Å². The van der Waals surface area contributed by atoms with Crippen molar-refractivity contribution in [2.24, 2.45) is 0 Å². The smallest absolute Gasteiger partial charge is 0.338 e. The number of carbonyl (C=O) groups excluding carboxylic acids is 2. The molecular formula is C24H23FN2O5S. The van der Waals surface area contributed by atoms with Gasteiger partial charge in [-0.15, -0.1) is 0 Å². The normalized spacial score (nSPS) is 11.0. The number of ether oxygens (including phenoxy) is 1. The Hall–Kier alpha value is -3.72. The zero-order chi connectivity index (χ0) is 24.0. The molecular weight excluding hydrogens is 447 g/mol. The summed E-state index contributed by atoms with van der Waals surface area (Å²) in [5.74, 6) is -1.69. The molecule has 3 aromatic rings. The minimum atomic E-state index is -4.12. The largest absolute Gasteiger partial charge is 0.462 e. The molecule has 3 rings (SSSR count). The van der Waals surface area contributed by atoms with E-state index in [4.69, 9.17) is 4.74 Å². The third kappa shape index (κ3) is 5.56. The van der Waals surface area contributed by atoms with Crippen LogP contribution in [-0.2, 0) is 19.6 Å². The van der Waals surface area contributed by atoms with E-state index in [0.29, 0.717) is 16.8 Å². The summed E-state index contributed by atoms with van der Waals surface area (Å²) in [6.45, 7) is 2.99. The topological polar surface area (TPSA) is 92.8 Å². The Bertz CT molecular complexity index is 1250. The summed E-state index contributed by atoms with van der Waals surface area (Å²) in [7, 11) is -4.12. The van der Waals surface area contributed by atoms with Crippen molar-refractivity contribution in [2.75, 3.05) is 22.8 Å². The number of carbonyl (C=O) groups is 2. The first-order valence-corrected chi connectivity index (χ1v) is 11.6. The summed E-state index contributed by atoms with van der Waals surface area (Å²) >= 11 is 0. The number of benzene rings is 3. The molecule has 0 aromatic heterocycles. The number of hydrogen-bond donors (Lipinski definition) is 1. The Morgan fingerprint density at radius 2 is 1.64 bits per heavy atom. The summed E-state index contributed by atoms with van der Waals surface area (Å²) < 4.78 is 45.9. The Balaban J connectivity index is 1.91. The molecule has 0 unspecified atom stereocenters. The van der Waals surface area contributed by atoms with E-state index in [1.807, 2.05) is 0 Å². The van der Waals surface area contributed by atoms with E-state index >= 15 is 0 Å². The SMILES string of the molecule is CCOC(=O)c1cccc(NC(=O)CN(c2ccc(F)cc2)S(=O)(=O)c2ccccc2)c1C. The quantitative estimate of drug-likeness (QED) is 0.500. The highest BCUT2D eigenvalue weighted by Crippen LogP contribution is 2.25. The molecule has 1 amide bonds. The van der Waals surface area contributed by atoms with Crippen molar-refractivity contribution in [3.63, 3.8) is 0 Å². The van der Waals surface area contributed by atoms with Crippen molar-refractivity contribution in [2.45, 2.75) is 18.7 Å². The van der Waals surface area contributed by atoms with E-state index < -0.39 is 34.3 Å². The van der Waals surface area contributed by atoms with Gasteiger partial charge in [-0.3, -0.25) is 9.10 Å². The number of amides is 1. The molecule has 0 spiro atoms. The van der Waals surface area contributed by atoms with Crippen molar-refractivity contribution < 1.29 is 27.1 Å². The first-order valence-electron chi connectivity index (χ1n) is 10.1. The number of halogens is 1. The lowest BCUT2D eigenvalue weighted by molar-refractivity contribution is -0.114. The van der Waals surface area contributed by atoms with Crippen molar-refractivity contribution in [3.8, 4) is 0 Å². The first-order chi connectivity index (χ1) is 15.7. The molecule has 0 saturated carbocycles. The predicted octanol–water partition coefficient (Wildman–Crippen LogP) is 4.14. The van der Waals surface area contributed by atoms with Gasteiger partial charge in [-0.1, -0.05) is 24.3 Å². The van der Waals surface area contributed by atoms with Gasteiger partial charge in [-0.25, -0.2) is 17.6 Å². The number of nitrogens with one attached hydrogen (secondary N) is 1. The fourth-order valence-corrected chi connectivity index (χ4v) is 4.61.